The zero-order valence-corrected chi connectivity index (χ0v) is 35.8. The number of ether oxygens (including phenoxy) is 3. The third-order valence-electron chi connectivity index (χ3n) is 11.0. The number of aliphatic hydroxyl groups excluding tert-OH is 1. The number of amides is 2. The van der Waals surface area contributed by atoms with Crippen LogP contribution in [-0.2, 0) is 48.6 Å². The van der Waals surface area contributed by atoms with Gasteiger partial charge in [-0.1, -0.05) is 126 Å². The summed E-state index contributed by atoms with van der Waals surface area (Å²) in [7, 11) is -4.13. The molecule has 2 amide bonds. The summed E-state index contributed by atoms with van der Waals surface area (Å²) in [6.45, 7) is 9.19. The number of sulfonamides is 1. The number of rotatable bonds is 19. The van der Waals surface area contributed by atoms with Crippen molar-refractivity contribution in [2.24, 2.45) is 29.1 Å². The smallest absolute Gasteiger partial charge is 0.309 e. The lowest BCUT2D eigenvalue weighted by Gasteiger charge is -2.34. The summed E-state index contributed by atoms with van der Waals surface area (Å²) in [6.07, 6.45) is -0.542. The van der Waals surface area contributed by atoms with E-state index in [1.165, 1.54) is 16.4 Å². The fourth-order valence-corrected chi connectivity index (χ4v) is 9.43. The predicted octanol–water partition coefficient (Wildman–Crippen LogP) is 5.92. The molecule has 3 N–H and O–H groups in total. The summed E-state index contributed by atoms with van der Waals surface area (Å²) in [4.78, 5) is 41.7. The van der Waals surface area contributed by atoms with Gasteiger partial charge >= 0.3 is 5.97 Å². The van der Waals surface area contributed by atoms with Gasteiger partial charge in [0, 0.05) is 25.6 Å². The molecule has 1 saturated carbocycles. The van der Waals surface area contributed by atoms with Gasteiger partial charge in [0.25, 0.3) is 0 Å². The van der Waals surface area contributed by atoms with Gasteiger partial charge in [-0.15, -0.1) is 0 Å². The van der Waals surface area contributed by atoms with Crippen molar-refractivity contribution in [2.45, 2.75) is 83.6 Å². The Morgan fingerprint density at radius 3 is 2.02 bits per heavy atom. The van der Waals surface area contributed by atoms with Gasteiger partial charge in [0.15, 0.2) is 11.5 Å². The molecule has 1 aliphatic carbocycles. The third-order valence-corrected chi connectivity index (χ3v) is 12.9. The van der Waals surface area contributed by atoms with E-state index in [1.54, 1.807) is 6.07 Å². The van der Waals surface area contributed by atoms with Crippen LogP contribution in [0.1, 0.15) is 57.7 Å². The van der Waals surface area contributed by atoms with Gasteiger partial charge in [-0.2, -0.15) is 4.31 Å². The fourth-order valence-electron chi connectivity index (χ4n) is 7.79. The lowest BCUT2D eigenvalue weighted by molar-refractivity contribution is -0.147. The van der Waals surface area contributed by atoms with E-state index >= 15 is 0 Å². The van der Waals surface area contributed by atoms with Gasteiger partial charge in [0.2, 0.25) is 28.6 Å². The Balaban J connectivity index is 1.17. The standard InChI is InChI=1S/C47H57N3O9S/c1-31(2)27-50(60(55,56)35-21-22-40-41(25-35)59-30-58-40)28-39(51)38(24-33-17-11-7-12-18-33)48-45(53)44(47(3,4)5)49-42(52)26-37-36(23-32-15-9-6-10-16-32)43(37)46(54)57-29-34-19-13-8-14-20-34/h6-22,25,31,36-39,43-44,51H,23-24,26-30H2,1-5H3,(H,48,53)(H,49,52)/t36?,37?,38-,39+,43?,44+/m0/s1. The molecule has 4 aromatic rings. The Bertz CT molecular complexity index is 2180. The van der Waals surface area contributed by atoms with Crippen molar-refractivity contribution < 1.29 is 42.1 Å². The Morgan fingerprint density at radius 1 is 0.800 bits per heavy atom. The molecule has 2 aliphatic rings. The number of hydrogen-bond donors (Lipinski definition) is 3. The Hall–Kier alpha value is -5.24. The number of carbonyl (C=O) groups excluding carboxylic acids is 3. The quantitative estimate of drug-likeness (QED) is 0.0975. The average molecular weight is 840 g/mol. The molecule has 4 aromatic carbocycles. The largest absolute Gasteiger partial charge is 0.461 e. The van der Waals surface area contributed by atoms with Crippen molar-refractivity contribution in [3.8, 4) is 11.5 Å². The van der Waals surface area contributed by atoms with E-state index in [2.05, 4.69) is 10.6 Å². The van der Waals surface area contributed by atoms with E-state index in [-0.39, 0.29) is 73.9 Å². The third kappa shape index (κ3) is 11.5. The summed E-state index contributed by atoms with van der Waals surface area (Å²) in [5, 5.41) is 17.9. The van der Waals surface area contributed by atoms with Gasteiger partial charge < -0.3 is 30.0 Å². The van der Waals surface area contributed by atoms with E-state index < -0.39 is 45.5 Å². The van der Waals surface area contributed by atoms with Crippen LogP contribution in [0.3, 0.4) is 0 Å². The molecule has 0 aromatic heterocycles. The van der Waals surface area contributed by atoms with E-state index in [9.17, 15) is 27.9 Å². The van der Waals surface area contributed by atoms with Crippen LogP contribution in [0.5, 0.6) is 11.5 Å². The minimum Gasteiger partial charge on any atom is -0.461 e. The molecule has 0 spiro atoms. The van der Waals surface area contributed by atoms with Crippen LogP contribution in [0, 0.1) is 29.1 Å². The highest BCUT2D eigenvalue weighted by atomic mass is 32.2. The second-order valence-electron chi connectivity index (χ2n) is 17.3. The molecule has 320 valence electrons. The first kappa shape index (κ1) is 44.3. The van der Waals surface area contributed by atoms with Crippen molar-refractivity contribution in [2.75, 3.05) is 19.9 Å². The number of esters is 1. The number of nitrogens with one attached hydrogen (secondary N) is 2. The number of fused-ring (bicyclic) bond motifs is 1. The average Bonchev–Trinajstić information content (AvgIpc) is 3.64. The van der Waals surface area contributed by atoms with Crippen LogP contribution < -0.4 is 20.1 Å². The Kier molecular flexibility index (Phi) is 14.4. The molecule has 1 aliphatic heterocycles. The molecule has 12 nitrogen and oxygen atoms in total. The highest BCUT2D eigenvalue weighted by molar-refractivity contribution is 7.89. The molecular formula is C47H57N3O9S. The van der Waals surface area contributed by atoms with Gasteiger partial charge in [-0.05, 0) is 64.8 Å². The molecule has 6 rings (SSSR count). The highest BCUT2D eigenvalue weighted by Gasteiger charge is 2.56. The molecule has 6 atom stereocenters. The maximum atomic E-state index is 14.4. The second-order valence-corrected chi connectivity index (χ2v) is 19.2. The van der Waals surface area contributed by atoms with E-state index in [0.29, 0.717) is 17.9 Å². The van der Waals surface area contributed by atoms with Gasteiger partial charge in [-0.3, -0.25) is 14.4 Å². The second kappa shape index (κ2) is 19.4. The number of carbonyl (C=O) groups is 3. The van der Waals surface area contributed by atoms with Crippen LogP contribution in [0.4, 0.5) is 0 Å². The number of nitrogens with zero attached hydrogens (tertiary/aromatic N) is 1. The van der Waals surface area contributed by atoms with Crippen molar-refractivity contribution in [1.29, 1.82) is 0 Å². The lowest BCUT2D eigenvalue weighted by atomic mass is 9.85. The highest BCUT2D eigenvalue weighted by Crippen LogP contribution is 2.51. The zero-order valence-electron chi connectivity index (χ0n) is 35.0. The first-order chi connectivity index (χ1) is 28.6. The number of aliphatic hydroxyl groups is 1. The molecule has 0 saturated heterocycles. The SMILES string of the molecule is CC(C)CN(C[C@@H](O)[C@H](Cc1ccccc1)NC(=O)[C@@H](NC(=O)CC1C(Cc2ccccc2)C1C(=O)OCc1ccccc1)C(C)(C)C)S(=O)(=O)c1ccc2c(c1)OCO2. The van der Waals surface area contributed by atoms with Gasteiger partial charge in [0.1, 0.15) is 12.6 Å². The predicted molar refractivity (Wildman–Crippen MR) is 227 cm³/mol. The molecule has 0 bridgehead atoms. The van der Waals surface area contributed by atoms with Crippen LogP contribution in [0.25, 0.3) is 0 Å². The lowest BCUT2D eigenvalue weighted by Crippen LogP contribution is -2.58. The van der Waals surface area contributed by atoms with Crippen LogP contribution in [0.15, 0.2) is 114 Å². The monoisotopic (exact) mass is 839 g/mol. The first-order valence-corrected chi connectivity index (χ1v) is 22.0. The molecular weight excluding hydrogens is 783 g/mol. The molecule has 60 heavy (non-hydrogen) atoms. The fraction of sp³-hybridized carbons (Fsp3) is 0.426. The van der Waals surface area contributed by atoms with E-state index in [1.807, 2.05) is 126 Å². The van der Waals surface area contributed by atoms with Crippen molar-refractivity contribution >= 4 is 27.8 Å². The summed E-state index contributed by atoms with van der Waals surface area (Å²) in [5.74, 6) is -1.47. The van der Waals surface area contributed by atoms with Crippen LogP contribution in [-0.4, -0.2) is 73.7 Å². The maximum absolute atomic E-state index is 14.4. The number of hydrogen-bond acceptors (Lipinski definition) is 9. The van der Waals surface area contributed by atoms with E-state index in [0.717, 1.165) is 16.7 Å². The molecule has 1 heterocycles. The minimum absolute atomic E-state index is 0.00730. The minimum atomic E-state index is -4.13. The normalized spacial score (nSPS) is 18.7. The van der Waals surface area contributed by atoms with Crippen LogP contribution in [0.2, 0.25) is 0 Å². The molecule has 0 radical (unpaired) electrons. The summed E-state index contributed by atoms with van der Waals surface area (Å²) < 4.78 is 46.0. The summed E-state index contributed by atoms with van der Waals surface area (Å²) in [6, 6.07) is 31.0. The Morgan fingerprint density at radius 2 is 1.40 bits per heavy atom. The molecule has 13 heteroatoms. The zero-order chi connectivity index (χ0) is 43.0. The number of benzene rings is 4. The molecule has 3 unspecified atom stereocenters. The first-order valence-electron chi connectivity index (χ1n) is 20.6. The van der Waals surface area contributed by atoms with Gasteiger partial charge in [0.05, 0.1) is 23.0 Å². The maximum Gasteiger partial charge on any atom is 0.309 e. The van der Waals surface area contributed by atoms with Crippen molar-refractivity contribution in [1.82, 2.24) is 14.9 Å². The van der Waals surface area contributed by atoms with Gasteiger partial charge in [-0.25, -0.2) is 8.42 Å². The van der Waals surface area contributed by atoms with Crippen LogP contribution >= 0.6 is 0 Å². The summed E-state index contributed by atoms with van der Waals surface area (Å²) >= 11 is 0. The van der Waals surface area contributed by atoms with E-state index in [4.69, 9.17) is 14.2 Å². The molecule has 1 fully saturated rings. The van der Waals surface area contributed by atoms with Crippen molar-refractivity contribution in [3.63, 3.8) is 0 Å². The van der Waals surface area contributed by atoms with Crippen molar-refractivity contribution in [3.05, 3.63) is 126 Å². The Labute approximate surface area is 353 Å². The topological polar surface area (TPSA) is 161 Å². The summed E-state index contributed by atoms with van der Waals surface area (Å²) in [5.41, 5.74) is 1.97.